The number of nitrogens with zero attached hydrogens (tertiary/aromatic N) is 2. The van der Waals surface area contributed by atoms with Crippen molar-refractivity contribution in [3.8, 4) is 11.8 Å². The van der Waals surface area contributed by atoms with Crippen LogP contribution < -0.4 is 10.5 Å². The summed E-state index contributed by atoms with van der Waals surface area (Å²) in [5, 5.41) is 8.79. The summed E-state index contributed by atoms with van der Waals surface area (Å²) < 4.78 is 29.6. The van der Waals surface area contributed by atoms with Crippen molar-refractivity contribution in [2.45, 2.75) is 4.90 Å². The molecule has 0 bridgehead atoms. The van der Waals surface area contributed by atoms with Gasteiger partial charge in [0.15, 0.2) is 21.4 Å². The van der Waals surface area contributed by atoms with Crippen LogP contribution >= 0.6 is 0 Å². The number of ether oxygens (including phenoxy) is 1. The van der Waals surface area contributed by atoms with Crippen molar-refractivity contribution in [1.29, 1.82) is 5.26 Å². The highest BCUT2D eigenvalue weighted by Gasteiger charge is 2.15. The van der Waals surface area contributed by atoms with E-state index in [2.05, 4.69) is 4.98 Å². The summed E-state index contributed by atoms with van der Waals surface area (Å²) in [5.41, 5.74) is 5.90. The molecule has 0 saturated carbocycles. The van der Waals surface area contributed by atoms with E-state index in [0.29, 0.717) is 11.3 Å². The van der Waals surface area contributed by atoms with Gasteiger partial charge in [-0.1, -0.05) is 6.07 Å². The van der Waals surface area contributed by atoms with Gasteiger partial charge in [-0.2, -0.15) is 5.26 Å². The Morgan fingerprint density at radius 3 is 2.81 bits per heavy atom. The fourth-order valence-electron chi connectivity index (χ4n) is 1.66. The zero-order chi connectivity index (χ0) is 15.3. The van der Waals surface area contributed by atoms with E-state index in [9.17, 15) is 8.42 Å². The molecule has 2 aromatic rings. The molecule has 0 atom stereocenters. The molecule has 2 rings (SSSR count). The molecule has 7 heteroatoms. The SMILES string of the molecule is N#Cc1cccc(S(=O)(=O)CCOc2cccnc2N)c1. The molecule has 2 N–H and O–H groups in total. The fourth-order valence-corrected chi connectivity index (χ4v) is 2.79. The molecule has 0 aliphatic heterocycles. The molecule has 21 heavy (non-hydrogen) atoms. The van der Waals surface area contributed by atoms with Gasteiger partial charge in [0, 0.05) is 6.20 Å². The summed E-state index contributed by atoms with van der Waals surface area (Å²) in [6, 6.07) is 11.0. The van der Waals surface area contributed by atoms with Crippen LogP contribution in [0.25, 0.3) is 0 Å². The molecule has 108 valence electrons. The van der Waals surface area contributed by atoms with Gasteiger partial charge in [0.25, 0.3) is 0 Å². The zero-order valence-corrected chi connectivity index (χ0v) is 11.9. The van der Waals surface area contributed by atoms with Crippen molar-refractivity contribution in [2.75, 3.05) is 18.1 Å². The van der Waals surface area contributed by atoms with E-state index in [1.54, 1.807) is 18.2 Å². The van der Waals surface area contributed by atoms with Crippen molar-refractivity contribution in [1.82, 2.24) is 4.98 Å². The second-order valence-electron chi connectivity index (χ2n) is 4.19. The number of pyridine rings is 1. The second-order valence-corrected chi connectivity index (χ2v) is 6.30. The van der Waals surface area contributed by atoms with E-state index < -0.39 is 9.84 Å². The molecular weight excluding hydrogens is 290 g/mol. The molecule has 0 saturated heterocycles. The third-order valence-corrected chi connectivity index (χ3v) is 4.41. The number of benzene rings is 1. The molecule has 0 spiro atoms. The smallest absolute Gasteiger partial charge is 0.181 e. The summed E-state index contributed by atoms with van der Waals surface area (Å²) >= 11 is 0. The molecule has 0 radical (unpaired) electrons. The van der Waals surface area contributed by atoms with Crippen molar-refractivity contribution in [3.63, 3.8) is 0 Å². The lowest BCUT2D eigenvalue weighted by Gasteiger charge is -2.08. The van der Waals surface area contributed by atoms with Crippen LogP contribution in [0, 0.1) is 11.3 Å². The third kappa shape index (κ3) is 3.70. The van der Waals surface area contributed by atoms with Gasteiger partial charge in [0.1, 0.15) is 6.61 Å². The maximum atomic E-state index is 12.1. The standard InChI is InChI=1S/C14H13N3O3S/c15-10-11-3-1-4-12(9-11)21(18,19)8-7-20-13-5-2-6-17-14(13)16/h1-6,9H,7-8H2,(H2,16,17). The van der Waals surface area contributed by atoms with Gasteiger partial charge in [0.05, 0.1) is 22.3 Å². The van der Waals surface area contributed by atoms with Gasteiger partial charge >= 0.3 is 0 Å². The number of anilines is 1. The van der Waals surface area contributed by atoms with Crippen LogP contribution in [0.5, 0.6) is 5.75 Å². The zero-order valence-electron chi connectivity index (χ0n) is 11.1. The lowest BCUT2D eigenvalue weighted by atomic mass is 10.2. The van der Waals surface area contributed by atoms with Crippen molar-refractivity contribution < 1.29 is 13.2 Å². The van der Waals surface area contributed by atoms with E-state index in [1.807, 2.05) is 6.07 Å². The minimum absolute atomic E-state index is 0.0466. The number of nitrogen functional groups attached to an aromatic ring is 1. The number of hydrogen-bond donors (Lipinski definition) is 1. The number of aromatic nitrogens is 1. The first kappa shape index (κ1) is 14.8. The van der Waals surface area contributed by atoms with Crippen molar-refractivity contribution in [3.05, 3.63) is 48.2 Å². The Hall–Kier alpha value is -2.59. The lowest BCUT2D eigenvalue weighted by molar-refractivity contribution is 0.341. The number of nitriles is 1. The van der Waals surface area contributed by atoms with E-state index in [0.717, 1.165) is 0 Å². The quantitative estimate of drug-likeness (QED) is 0.894. The summed E-state index contributed by atoms with van der Waals surface area (Å²) in [7, 11) is -3.51. The molecule has 0 fully saturated rings. The van der Waals surface area contributed by atoms with Gasteiger partial charge in [-0.05, 0) is 30.3 Å². The highest BCUT2D eigenvalue weighted by molar-refractivity contribution is 7.91. The van der Waals surface area contributed by atoms with Gasteiger partial charge < -0.3 is 10.5 Å². The Kier molecular flexibility index (Phi) is 4.40. The van der Waals surface area contributed by atoms with E-state index in [-0.39, 0.29) is 23.1 Å². The normalized spacial score (nSPS) is 10.8. The van der Waals surface area contributed by atoms with Crippen molar-refractivity contribution in [2.24, 2.45) is 0 Å². The highest BCUT2D eigenvalue weighted by atomic mass is 32.2. The number of hydrogen-bond acceptors (Lipinski definition) is 6. The van der Waals surface area contributed by atoms with Crippen LogP contribution in [0.2, 0.25) is 0 Å². The summed E-state index contributed by atoms with van der Waals surface area (Å²) in [5.74, 6) is 0.343. The topological polar surface area (TPSA) is 106 Å². The Balaban J connectivity index is 2.05. The van der Waals surface area contributed by atoms with Crippen LogP contribution in [0.15, 0.2) is 47.5 Å². The number of sulfone groups is 1. The Bertz CT molecular complexity index is 782. The predicted octanol–water partition coefficient (Wildman–Crippen LogP) is 1.39. The molecule has 0 aliphatic rings. The van der Waals surface area contributed by atoms with E-state index >= 15 is 0 Å². The maximum Gasteiger partial charge on any atom is 0.181 e. The van der Waals surface area contributed by atoms with Crippen LogP contribution in [0.3, 0.4) is 0 Å². The number of rotatable bonds is 5. The number of nitrogens with two attached hydrogens (primary N) is 1. The van der Waals surface area contributed by atoms with Gasteiger partial charge in [-0.3, -0.25) is 0 Å². The average Bonchev–Trinajstić information content (AvgIpc) is 2.49. The minimum Gasteiger partial charge on any atom is -0.489 e. The van der Waals surface area contributed by atoms with Crippen LogP contribution in [-0.4, -0.2) is 25.8 Å². The van der Waals surface area contributed by atoms with Crippen LogP contribution in [0.1, 0.15) is 5.56 Å². The minimum atomic E-state index is -3.51. The molecular formula is C14H13N3O3S. The molecule has 0 amide bonds. The van der Waals surface area contributed by atoms with Crippen LogP contribution in [-0.2, 0) is 9.84 Å². The first-order valence-corrected chi connectivity index (χ1v) is 7.74. The highest BCUT2D eigenvalue weighted by Crippen LogP contribution is 2.18. The molecule has 0 unspecified atom stereocenters. The van der Waals surface area contributed by atoms with E-state index in [1.165, 1.54) is 24.4 Å². The molecule has 0 aliphatic carbocycles. The first-order valence-electron chi connectivity index (χ1n) is 6.09. The Morgan fingerprint density at radius 1 is 1.29 bits per heavy atom. The average molecular weight is 303 g/mol. The summed E-state index contributed by atoms with van der Waals surface area (Å²) in [4.78, 5) is 3.94. The Labute approximate surface area is 122 Å². The third-order valence-electron chi connectivity index (χ3n) is 2.73. The summed E-state index contributed by atoms with van der Waals surface area (Å²) in [6.45, 7) is -0.0466. The first-order chi connectivity index (χ1) is 10.0. The lowest BCUT2D eigenvalue weighted by Crippen LogP contribution is -2.15. The fraction of sp³-hybridized carbons (Fsp3) is 0.143. The maximum absolute atomic E-state index is 12.1. The summed E-state index contributed by atoms with van der Waals surface area (Å²) in [6.07, 6.45) is 1.52. The van der Waals surface area contributed by atoms with Gasteiger partial charge in [-0.25, -0.2) is 13.4 Å². The molecule has 1 aromatic carbocycles. The van der Waals surface area contributed by atoms with Crippen LogP contribution in [0.4, 0.5) is 5.82 Å². The molecule has 1 aromatic heterocycles. The monoisotopic (exact) mass is 303 g/mol. The van der Waals surface area contributed by atoms with E-state index in [4.69, 9.17) is 15.7 Å². The molecule has 1 heterocycles. The van der Waals surface area contributed by atoms with Crippen molar-refractivity contribution >= 4 is 15.7 Å². The largest absolute Gasteiger partial charge is 0.489 e. The Morgan fingerprint density at radius 2 is 2.10 bits per heavy atom. The van der Waals surface area contributed by atoms with Gasteiger partial charge in [-0.15, -0.1) is 0 Å². The van der Waals surface area contributed by atoms with Gasteiger partial charge in [0.2, 0.25) is 0 Å². The second kappa shape index (κ2) is 6.24. The predicted molar refractivity (Wildman–Crippen MR) is 77.4 cm³/mol. The molecule has 6 nitrogen and oxygen atoms in total.